The lowest BCUT2D eigenvalue weighted by Gasteiger charge is -2.19. The molecule has 1 aliphatic heterocycles. The Morgan fingerprint density at radius 3 is 2.58 bits per heavy atom. The predicted molar refractivity (Wildman–Crippen MR) is 176 cm³/mol. The summed E-state index contributed by atoms with van der Waals surface area (Å²) >= 11 is 6.43. The van der Waals surface area contributed by atoms with Gasteiger partial charge in [0.25, 0.3) is 15.9 Å². The molecule has 4 aromatic rings. The second-order valence-corrected chi connectivity index (χ2v) is 12.0. The topological polar surface area (TPSA) is 197 Å². The van der Waals surface area contributed by atoms with Gasteiger partial charge in [0, 0.05) is 32.5 Å². The third-order valence-electron chi connectivity index (χ3n) is 6.58. The fourth-order valence-electron chi connectivity index (χ4n) is 4.15. The predicted octanol–water partition coefficient (Wildman–Crippen LogP) is 4.52. The van der Waals surface area contributed by atoms with E-state index >= 15 is 0 Å². The number of benzene rings is 2. The molecule has 0 aliphatic carbocycles. The molecule has 2 N–H and O–H groups in total. The normalized spacial score (nSPS) is 12.5. The van der Waals surface area contributed by atoms with Gasteiger partial charge < -0.3 is 42.6 Å². The molecule has 1 amide bonds. The molecule has 2 aromatic heterocycles. The SMILES string of the molecule is COCC(COc1nc(NS(=O)(=O)c2ccc3c(c2)OCO3)c(Oc2cc(OC)ccc2Cl)c(OCCOC(=O)Nc2ccccn2)n1)OC. The Hall–Kier alpha value is -5.30. The molecule has 1 unspecified atom stereocenters. The van der Waals surface area contributed by atoms with E-state index in [1.165, 1.54) is 57.9 Å². The van der Waals surface area contributed by atoms with Crippen molar-refractivity contribution in [2.45, 2.75) is 11.0 Å². The van der Waals surface area contributed by atoms with Crippen LogP contribution in [-0.2, 0) is 24.2 Å². The van der Waals surface area contributed by atoms with Crippen LogP contribution >= 0.6 is 11.6 Å². The number of methoxy groups -OCH3 is 3. The van der Waals surface area contributed by atoms with Gasteiger partial charge in [-0.2, -0.15) is 9.97 Å². The number of ether oxygens (including phenoxy) is 9. The molecule has 0 fully saturated rings. The van der Waals surface area contributed by atoms with Crippen molar-refractivity contribution in [1.82, 2.24) is 15.0 Å². The first-order chi connectivity index (χ1) is 24.2. The number of aromatic nitrogens is 3. The second-order valence-electron chi connectivity index (χ2n) is 9.96. The van der Waals surface area contributed by atoms with E-state index in [0.717, 1.165) is 0 Å². The fraction of sp³-hybridized carbons (Fsp3) is 0.290. The maximum absolute atomic E-state index is 13.7. The third-order valence-corrected chi connectivity index (χ3v) is 8.23. The van der Waals surface area contributed by atoms with Gasteiger partial charge in [0.1, 0.15) is 43.2 Å². The summed E-state index contributed by atoms with van der Waals surface area (Å²) in [6.45, 7) is -0.504. The quantitative estimate of drug-likeness (QED) is 0.144. The zero-order valence-electron chi connectivity index (χ0n) is 26.9. The molecule has 0 spiro atoms. The summed E-state index contributed by atoms with van der Waals surface area (Å²) in [5.41, 5.74) is 0. The Bertz CT molecular complexity index is 1890. The molecule has 2 aromatic carbocycles. The molecular formula is C31H32ClN5O12S. The van der Waals surface area contributed by atoms with E-state index in [1.807, 2.05) is 0 Å². The number of nitrogens with zero attached hydrogens (tertiary/aromatic N) is 3. The Morgan fingerprint density at radius 1 is 0.980 bits per heavy atom. The van der Waals surface area contributed by atoms with Gasteiger partial charge in [0.15, 0.2) is 17.3 Å². The number of amides is 1. The van der Waals surface area contributed by atoms with Crippen LogP contribution < -0.4 is 38.5 Å². The number of hydrogen-bond acceptors (Lipinski definition) is 15. The number of anilines is 2. The van der Waals surface area contributed by atoms with E-state index in [2.05, 4.69) is 25.0 Å². The highest BCUT2D eigenvalue weighted by molar-refractivity contribution is 7.92. The molecule has 3 heterocycles. The van der Waals surface area contributed by atoms with E-state index in [9.17, 15) is 13.2 Å². The van der Waals surface area contributed by atoms with Crippen LogP contribution in [0.25, 0.3) is 0 Å². The first-order valence-corrected chi connectivity index (χ1v) is 16.5. The number of hydrogen-bond donors (Lipinski definition) is 2. The number of carbonyl (C=O) groups is 1. The van der Waals surface area contributed by atoms with Crippen LogP contribution in [0.2, 0.25) is 5.02 Å². The van der Waals surface area contributed by atoms with Gasteiger partial charge in [-0.05, 0) is 36.4 Å². The number of rotatable bonds is 17. The average Bonchev–Trinajstić information content (AvgIpc) is 3.59. The number of carbonyl (C=O) groups excluding carboxylic acids is 1. The highest BCUT2D eigenvalue weighted by Crippen LogP contribution is 2.42. The smallest absolute Gasteiger partial charge is 0.412 e. The number of nitrogens with one attached hydrogen (secondary N) is 2. The van der Waals surface area contributed by atoms with Crippen LogP contribution in [0, 0.1) is 0 Å². The van der Waals surface area contributed by atoms with Gasteiger partial charge in [0.05, 0.1) is 23.6 Å². The van der Waals surface area contributed by atoms with Crippen LogP contribution in [0.3, 0.4) is 0 Å². The molecule has 50 heavy (non-hydrogen) atoms. The Morgan fingerprint density at radius 2 is 1.82 bits per heavy atom. The molecule has 0 saturated heterocycles. The van der Waals surface area contributed by atoms with E-state index in [1.54, 1.807) is 24.3 Å². The Labute approximate surface area is 291 Å². The van der Waals surface area contributed by atoms with Crippen molar-refractivity contribution in [3.05, 3.63) is 65.8 Å². The summed E-state index contributed by atoms with van der Waals surface area (Å²) < 4.78 is 79.2. The van der Waals surface area contributed by atoms with Gasteiger partial charge >= 0.3 is 12.1 Å². The molecule has 5 rings (SSSR count). The molecule has 266 valence electrons. The summed E-state index contributed by atoms with van der Waals surface area (Å²) in [6, 6.07) is 13.3. The van der Waals surface area contributed by atoms with E-state index in [-0.39, 0.29) is 78.1 Å². The first kappa shape index (κ1) is 36.0. The van der Waals surface area contributed by atoms with Crippen LogP contribution in [0.5, 0.6) is 40.6 Å². The summed E-state index contributed by atoms with van der Waals surface area (Å²) in [7, 11) is 0.0339. The van der Waals surface area contributed by atoms with Crippen LogP contribution in [-0.4, -0.2) is 90.1 Å². The first-order valence-electron chi connectivity index (χ1n) is 14.7. The Kier molecular flexibility index (Phi) is 12.2. The fourth-order valence-corrected chi connectivity index (χ4v) is 5.33. The summed E-state index contributed by atoms with van der Waals surface area (Å²) in [6.07, 6.45) is 0.186. The summed E-state index contributed by atoms with van der Waals surface area (Å²) in [5.74, 6) is 0.322. The molecule has 0 radical (unpaired) electrons. The van der Waals surface area contributed by atoms with Crippen molar-refractivity contribution in [2.24, 2.45) is 0 Å². The molecular weight excluding hydrogens is 702 g/mol. The maximum Gasteiger partial charge on any atom is 0.412 e. The van der Waals surface area contributed by atoms with E-state index in [4.69, 9.17) is 54.2 Å². The number of fused-ring (bicyclic) bond motifs is 1. The summed E-state index contributed by atoms with van der Waals surface area (Å²) in [4.78, 5) is 24.7. The van der Waals surface area contributed by atoms with Crippen molar-refractivity contribution in [1.29, 1.82) is 0 Å². The minimum absolute atomic E-state index is 0.0437. The molecule has 19 heteroatoms. The lowest BCUT2D eigenvalue weighted by atomic mass is 10.3. The lowest BCUT2D eigenvalue weighted by Crippen LogP contribution is -2.26. The minimum atomic E-state index is -4.37. The molecule has 0 bridgehead atoms. The van der Waals surface area contributed by atoms with Crippen molar-refractivity contribution in [3.8, 4) is 40.6 Å². The molecule has 1 atom stereocenters. The largest absolute Gasteiger partial charge is 0.497 e. The van der Waals surface area contributed by atoms with Crippen molar-refractivity contribution in [3.63, 3.8) is 0 Å². The highest BCUT2D eigenvalue weighted by atomic mass is 35.5. The molecule has 1 aliphatic rings. The molecule has 17 nitrogen and oxygen atoms in total. The monoisotopic (exact) mass is 733 g/mol. The average molecular weight is 734 g/mol. The van der Waals surface area contributed by atoms with Crippen molar-refractivity contribution in [2.75, 3.05) is 64.6 Å². The van der Waals surface area contributed by atoms with Crippen molar-refractivity contribution >= 4 is 39.4 Å². The van der Waals surface area contributed by atoms with Gasteiger partial charge in [-0.15, -0.1) is 0 Å². The molecule has 0 saturated carbocycles. The second kappa shape index (κ2) is 16.9. The number of pyridine rings is 1. The Balaban J connectivity index is 1.48. The van der Waals surface area contributed by atoms with E-state index < -0.39 is 28.0 Å². The van der Waals surface area contributed by atoms with Crippen LogP contribution in [0.1, 0.15) is 0 Å². The summed E-state index contributed by atoms with van der Waals surface area (Å²) in [5, 5.41) is 2.62. The van der Waals surface area contributed by atoms with Gasteiger partial charge in [-0.3, -0.25) is 10.0 Å². The van der Waals surface area contributed by atoms with Gasteiger partial charge in [0.2, 0.25) is 12.5 Å². The van der Waals surface area contributed by atoms with Crippen LogP contribution in [0.4, 0.5) is 16.4 Å². The highest BCUT2D eigenvalue weighted by Gasteiger charge is 2.27. The minimum Gasteiger partial charge on any atom is -0.497 e. The van der Waals surface area contributed by atoms with Crippen molar-refractivity contribution < 1.29 is 55.8 Å². The van der Waals surface area contributed by atoms with Gasteiger partial charge in [-0.1, -0.05) is 17.7 Å². The van der Waals surface area contributed by atoms with Crippen LogP contribution in [0.15, 0.2) is 65.7 Å². The lowest BCUT2D eigenvalue weighted by molar-refractivity contribution is -0.00120. The standard InChI is InChI=1S/C31H32ClN5O12S/c1-41-16-20(43-3)17-46-30-35-28(37-50(39,40)21-8-10-23-25(15-21)48-18-47-23)27(49-24-14-19(42-2)7-9-22(24)32)29(36-30)44-12-13-45-31(38)34-26-6-4-5-11-33-26/h4-11,14-15,20H,12-13,16-18H2,1-3H3,(H,33,34,38)(H,35,36,37). The van der Waals surface area contributed by atoms with E-state index in [0.29, 0.717) is 11.5 Å². The number of halogens is 1. The zero-order chi connectivity index (χ0) is 35.5. The maximum atomic E-state index is 13.7. The third kappa shape index (κ3) is 9.44. The number of sulfonamides is 1. The zero-order valence-corrected chi connectivity index (χ0v) is 28.5. The van der Waals surface area contributed by atoms with Gasteiger partial charge in [-0.25, -0.2) is 18.2 Å².